The highest BCUT2D eigenvalue weighted by Gasteiger charge is 2.11. The van der Waals surface area contributed by atoms with Crippen molar-refractivity contribution in [2.45, 2.75) is 33.2 Å². The van der Waals surface area contributed by atoms with Crippen LogP contribution in [0.5, 0.6) is 0 Å². The molecule has 0 aliphatic rings. The van der Waals surface area contributed by atoms with Gasteiger partial charge in [0.15, 0.2) is 0 Å². The van der Waals surface area contributed by atoms with Gasteiger partial charge in [-0.05, 0) is 55.2 Å². The number of carboxylic acid groups (broad SMARTS) is 1. The van der Waals surface area contributed by atoms with Crippen molar-refractivity contribution in [1.82, 2.24) is 5.32 Å². The molecule has 0 radical (unpaired) electrons. The van der Waals surface area contributed by atoms with Crippen molar-refractivity contribution >= 4 is 11.9 Å². The molecule has 0 saturated carbocycles. The molecular weight excluding hydrogens is 290 g/mol. The van der Waals surface area contributed by atoms with E-state index < -0.39 is 5.97 Å². The third-order valence-corrected chi connectivity index (χ3v) is 3.97. The Hall–Kier alpha value is -2.62. The van der Waals surface area contributed by atoms with E-state index in [0.717, 1.165) is 11.1 Å². The lowest BCUT2D eigenvalue weighted by Crippen LogP contribution is -2.28. The maximum atomic E-state index is 12.1. The minimum atomic E-state index is -0.968. The number of aryl methyl sites for hydroxylation is 2. The van der Waals surface area contributed by atoms with Crippen LogP contribution in [0.2, 0.25) is 0 Å². The van der Waals surface area contributed by atoms with Gasteiger partial charge < -0.3 is 10.4 Å². The summed E-state index contributed by atoms with van der Waals surface area (Å²) in [6.45, 7) is 6.07. The third kappa shape index (κ3) is 4.42. The molecule has 2 N–H and O–H groups in total. The number of hydrogen-bond acceptors (Lipinski definition) is 2. The number of aromatic carboxylic acids is 1. The Labute approximate surface area is 136 Å². The van der Waals surface area contributed by atoms with E-state index in [9.17, 15) is 9.59 Å². The summed E-state index contributed by atoms with van der Waals surface area (Å²) in [5.41, 5.74) is 4.51. The zero-order valence-electron chi connectivity index (χ0n) is 13.6. The first-order valence-electron chi connectivity index (χ1n) is 7.55. The summed E-state index contributed by atoms with van der Waals surface area (Å²) in [5, 5.41) is 11.8. The quantitative estimate of drug-likeness (QED) is 0.889. The SMILES string of the molecule is Cc1ccc(C(C)NC(=O)Cc2ccc(C(=O)O)cc2)cc1C. The van der Waals surface area contributed by atoms with Crippen LogP contribution in [-0.2, 0) is 11.2 Å². The zero-order chi connectivity index (χ0) is 17.0. The summed E-state index contributed by atoms with van der Waals surface area (Å²) in [5.74, 6) is -1.05. The molecule has 1 amide bonds. The van der Waals surface area contributed by atoms with Gasteiger partial charge in [0.1, 0.15) is 0 Å². The number of carbonyl (C=O) groups is 2. The fourth-order valence-electron chi connectivity index (χ4n) is 2.36. The summed E-state index contributed by atoms with van der Waals surface area (Å²) in [6.07, 6.45) is 0.231. The fourth-order valence-corrected chi connectivity index (χ4v) is 2.36. The van der Waals surface area contributed by atoms with Crippen LogP contribution >= 0.6 is 0 Å². The van der Waals surface area contributed by atoms with Crippen molar-refractivity contribution in [1.29, 1.82) is 0 Å². The van der Waals surface area contributed by atoms with Gasteiger partial charge in [0.2, 0.25) is 5.91 Å². The number of nitrogens with one attached hydrogen (secondary N) is 1. The molecule has 0 aliphatic heterocycles. The average molecular weight is 311 g/mol. The van der Waals surface area contributed by atoms with E-state index in [1.807, 2.05) is 13.0 Å². The summed E-state index contributed by atoms with van der Waals surface area (Å²) in [7, 11) is 0. The predicted octanol–water partition coefficient (Wildman–Crippen LogP) is 3.42. The van der Waals surface area contributed by atoms with Crippen LogP contribution in [0.3, 0.4) is 0 Å². The van der Waals surface area contributed by atoms with Gasteiger partial charge in [-0.3, -0.25) is 4.79 Å². The standard InChI is InChI=1S/C19H21NO3/c1-12-4-7-17(10-13(12)2)14(3)20-18(21)11-15-5-8-16(9-6-15)19(22)23/h4-10,14H,11H2,1-3H3,(H,20,21)(H,22,23). The van der Waals surface area contributed by atoms with Crippen LogP contribution in [0.4, 0.5) is 0 Å². The lowest BCUT2D eigenvalue weighted by molar-refractivity contribution is -0.121. The van der Waals surface area contributed by atoms with E-state index in [2.05, 4.69) is 31.3 Å². The second-order valence-electron chi connectivity index (χ2n) is 5.81. The number of carboxylic acids is 1. The number of amides is 1. The van der Waals surface area contributed by atoms with E-state index in [4.69, 9.17) is 5.11 Å². The minimum absolute atomic E-state index is 0.0694. The highest BCUT2D eigenvalue weighted by Crippen LogP contribution is 2.17. The molecule has 4 nitrogen and oxygen atoms in total. The van der Waals surface area contributed by atoms with Gasteiger partial charge in [0.05, 0.1) is 18.0 Å². The zero-order valence-corrected chi connectivity index (χ0v) is 13.6. The Balaban J connectivity index is 1.98. The largest absolute Gasteiger partial charge is 0.478 e. The van der Waals surface area contributed by atoms with Crippen molar-refractivity contribution in [3.63, 3.8) is 0 Å². The lowest BCUT2D eigenvalue weighted by Gasteiger charge is -2.16. The molecule has 0 spiro atoms. The number of carbonyl (C=O) groups excluding carboxylic acids is 1. The topological polar surface area (TPSA) is 66.4 Å². The first-order valence-corrected chi connectivity index (χ1v) is 7.55. The van der Waals surface area contributed by atoms with Crippen molar-refractivity contribution < 1.29 is 14.7 Å². The second kappa shape index (κ2) is 7.09. The van der Waals surface area contributed by atoms with Gasteiger partial charge in [-0.15, -0.1) is 0 Å². The molecule has 23 heavy (non-hydrogen) atoms. The van der Waals surface area contributed by atoms with Crippen LogP contribution < -0.4 is 5.32 Å². The van der Waals surface area contributed by atoms with Crippen molar-refractivity contribution in [3.8, 4) is 0 Å². The molecule has 2 rings (SSSR count). The highest BCUT2D eigenvalue weighted by molar-refractivity contribution is 5.87. The first kappa shape index (κ1) is 16.7. The van der Waals surface area contributed by atoms with Gasteiger partial charge in [-0.1, -0.05) is 30.3 Å². The van der Waals surface area contributed by atoms with E-state index in [-0.39, 0.29) is 23.9 Å². The van der Waals surface area contributed by atoms with Crippen LogP contribution in [-0.4, -0.2) is 17.0 Å². The van der Waals surface area contributed by atoms with E-state index in [1.165, 1.54) is 23.3 Å². The van der Waals surface area contributed by atoms with Gasteiger partial charge in [0.25, 0.3) is 0 Å². The normalized spacial score (nSPS) is 11.8. The summed E-state index contributed by atoms with van der Waals surface area (Å²) < 4.78 is 0. The van der Waals surface area contributed by atoms with Gasteiger partial charge in [-0.2, -0.15) is 0 Å². The molecule has 0 fully saturated rings. The Bertz CT molecular complexity index is 720. The summed E-state index contributed by atoms with van der Waals surface area (Å²) in [4.78, 5) is 22.9. The Morgan fingerprint density at radius 3 is 2.26 bits per heavy atom. The predicted molar refractivity (Wildman–Crippen MR) is 89.6 cm³/mol. The second-order valence-corrected chi connectivity index (χ2v) is 5.81. The van der Waals surface area contributed by atoms with Gasteiger partial charge >= 0.3 is 5.97 Å². The van der Waals surface area contributed by atoms with Crippen molar-refractivity contribution in [2.75, 3.05) is 0 Å². The number of benzene rings is 2. The summed E-state index contributed by atoms with van der Waals surface area (Å²) >= 11 is 0. The van der Waals surface area contributed by atoms with Gasteiger partial charge in [-0.25, -0.2) is 4.79 Å². The monoisotopic (exact) mass is 311 g/mol. The van der Waals surface area contributed by atoms with E-state index >= 15 is 0 Å². The molecule has 120 valence electrons. The van der Waals surface area contributed by atoms with Crippen LogP contribution in [0, 0.1) is 13.8 Å². The highest BCUT2D eigenvalue weighted by atomic mass is 16.4. The third-order valence-electron chi connectivity index (χ3n) is 3.97. The average Bonchev–Trinajstić information content (AvgIpc) is 2.50. The number of hydrogen-bond donors (Lipinski definition) is 2. The van der Waals surface area contributed by atoms with Crippen LogP contribution in [0.1, 0.15) is 45.6 Å². The molecule has 1 unspecified atom stereocenters. The minimum Gasteiger partial charge on any atom is -0.478 e. The Morgan fingerprint density at radius 2 is 1.70 bits per heavy atom. The first-order chi connectivity index (χ1) is 10.9. The van der Waals surface area contributed by atoms with Crippen LogP contribution in [0.25, 0.3) is 0 Å². The van der Waals surface area contributed by atoms with Crippen LogP contribution in [0.15, 0.2) is 42.5 Å². The van der Waals surface area contributed by atoms with Crippen molar-refractivity contribution in [2.24, 2.45) is 0 Å². The van der Waals surface area contributed by atoms with E-state index in [1.54, 1.807) is 12.1 Å². The molecule has 0 aromatic heterocycles. The van der Waals surface area contributed by atoms with E-state index in [0.29, 0.717) is 0 Å². The maximum Gasteiger partial charge on any atom is 0.335 e. The molecule has 0 heterocycles. The van der Waals surface area contributed by atoms with Gasteiger partial charge in [0, 0.05) is 0 Å². The Kier molecular flexibility index (Phi) is 5.16. The molecule has 0 aliphatic carbocycles. The molecule has 1 atom stereocenters. The Morgan fingerprint density at radius 1 is 1.04 bits per heavy atom. The molecule has 2 aromatic carbocycles. The molecule has 4 heteroatoms. The summed E-state index contributed by atoms with van der Waals surface area (Å²) in [6, 6.07) is 12.5. The maximum absolute atomic E-state index is 12.1. The molecule has 0 bridgehead atoms. The number of rotatable bonds is 5. The molecular formula is C19H21NO3. The fraction of sp³-hybridized carbons (Fsp3) is 0.263. The van der Waals surface area contributed by atoms with Crippen molar-refractivity contribution in [3.05, 3.63) is 70.3 Å². The molecule has 2 aromatic rings. The molecule has 0 saturated heterocycles. The lowest BCUT2D eigenvalue weighted by atomic mass is 10.0. The smallest absolute Gasteiger partial charge is 0.335 e.